The summed E-state index contributed by atoms with van der Waals surface area (Å²) in [4.78, 5) is 15.9. The van der Waals surface area contributed by atoms with Crippen LogP contribution in [0.3, 0.4) is 0 Å². The van der Waals surface area contributed by atoms with E-state index in [0.717, 1.165) is 11.1 Å². The van der Waals surface area contributed by atoms with Crippen LogP contribution in [0.25, 0.3) is 11.2 Å². The summed E-state index contributed by atoms with van der Waals surface area (Å²) in [5.41, 5.74) is 2.40. The molecule has 20 heavy (non-hydrogen) atoms. The van der Waals surface area contributed by atoms with Crippen molar-refractivity contribution < 1.29 is 5.11 Å². The van der Waals surface area contributed by atoms with E-state index in [-0.39, 0.29) is 5.75 Å². The molecule has 102 valence electrons. The molecule has 0 aliphatic carbocycles. The van der Waals surface area contributed by atoms with Crippen LogP contribution in [0.5, 0.6) is 5.75 Å². The molecular weight excluding hydrogens is 274 g/mol. The number of imidazole rings is 1. The van der Waals surface area contributed by atoms with Gasteiger partial charge in [-0.05, 0) is 24.0 Å². The van der Waals surface area contributed by atoms with E-state index in [4.69, 9.17) is 0 Å². The summed E-state index contributed by atoms with van der Waals surface area (Å²) in [5, 5.41) is 13.4. The first-order chi connectivity index (χ1) is 9.76. The first-order valence-corrected chi connectivity index (χ1v) is 7.25. The van der Waals surface area contributed by atoms with Gasteiger partial charge in [0.1, 0.15) is 11.3 Å². The van der Waals surface area contributed by atoms with Crippen LogP contribution in [0.1, 0.15) is 5.56 Å². The van der Waals surface area contributed by atoms with Gasteiger partial charge in [-0.2, -0.15) is 0 Å². The highest BCUT2D eigenvalue weighted by Gasteiger charge is 2.09. The Bertz CT molecular complexity index is 742. The number of anilines is 1. The Balaban J connectivity index is 1.88. The Morgan fingerprint density at radius 3 is 3.05 bits per heavy atom. The van der Waals surface area contributed by atoms with Crippen molar-refractivity contribution in [1.82, 2.24) is 19.9 Å². The monoisotopic (exact) mass is 287 g/mol. The number of thioether (sulfide) groups is 1. The number of benzene rings is 1. The fourth-order valence-corrected chi connectivity index (χ4v) is 2.24. The number of nitrogens with one attached hydrogen (secondary N) is 2. The first kappa shape index (κ1) is 12.7. The van der Waals surface area contributed by atoms with Crippen molar-refractivity contribution in [2.24, 2.45) is 0 Å². The molecule has 7 heteroatoms. The quantitative estimate of drug-likeness (QED) is 0.504. The normalized spacial score (nSPS) is 10.8. The molecule has 3 N–H and O–H groups in total. The average Bonchev–Trinajstić information content (AvgIpc) is 2.93. The number of phenols is 1. The first-order valence-electron chi connectivity index (χ1n) is 6.03. The van der Waals surface area contributed by atoms with E-state index in [0.29, 0.717) is 23.2 Å². The van der Waals surface area contributed by atoms with Gasteiger partial charge >= 0.3 is 0 Å². The highest BCUT2D eigenvalue weighted by Crippen LogP contribution is 2.21. The highest BCUT2D eigenvalue weighted by atomic mass is 32.2. The molecular formula is C13H13N5OS. The molecule has 6 nitrogen and oxygen atoms in total. The van der Waals surface area contributed by atoms with Gasteiger partial charge in [-0.3, -0.25) is 0 Å². The summed E-state index contributed by atoms with van der Waals surface area (Å²) in [5.74, 6) is 0.962. The predicted molar refractivity (Wildman–Crippen MR) is 78.9 cm³/mol. The van der Waals surface area contributed by atoms with Crippen molar-refractivity contribution in [3.8, 4) is 5.75 Å². The topological polar surface area (TPSA) is 86.7 Å². The Morgan fingerprint density at radius 1 is 1.35 bits per heavy atom. The summed E-state index contributed by atoms with van der Waals surface area (Å²) in [7, 11) is 0. The molecule has 2 aromatic heterocycles. The van der Waals surface area contributed by atoms with Gasteiger partial charge in [0.2, 0.25) is 0 Å². The maximum Gasteiger partial charge on any atom is 0.191 e. The van der Waals surface area contributed by atoms with Crippen molar-refractivity contribution in [3.05, 3.63) is 36.2 Å². The summed E-state index contributed by atoms with van der Waals surface area (Å²) < 4.78 is 0. The van der Waals surface area contributed by atoms with Crippen molar-refractivity contribution in [3.63, 3.8) is 0 Å². The number of hydrogen-bond donors (Lipinski definition) is 3. The minimum atomic E-state index is 0.253. The Labute approximate surface area is 119 Å². The zero-order valence-electron chi connectivity index (χ0n) is 10.8. The molecule has 0 aliphatic heterocycles. The second kappa shape index (κ2) is 5.38. The number of nitrogens with zero attached hydrogens (tertiary/aromatic N) is 3. The number of aromatic nitrogens is 4. The molecule has 0 radical (unpaired) electrons. The molecule has 0 saturated heterocycles. The lowest BCUT2D eigenvalue weighted by molar-refractivity contribution is 0.474. The molecule has 0 saturated carbocycles. The molecule has 0 fully saturated rings. The van der Waals surface area contributed by atoms with E-state index in [2.05, 4.69) is 25.3 Å². The predicted octanol–water partition coefficient (Wildman–Crippen LogP) is 2.39. The minimum absolute atomic E-state index is 0.253. The second-order valence-corrected chi connectivity index (χ2v) is 4.96. The molecule has 3 rings (SSSR count). The number of H-pyrrole nitrogens is 1. The smallest absolute Gasteiger partial charge is 0.191 e. The van der Waals surface area contributed by atoms with Crippen LogP contribution in [0.4, 0.5) is 5.82 Å². The molecule has 0 atom stereocenters. The van der Waals surface area contributed by atoms with E-state index < -0.39 is 0 Å². The van der Waals surface area contributed by atoms with Gasteiger partial charge in [0.25, 0.3) is 0 Å². The summed E-state index contributed by atoms with van der Waals surface area (Å²) in [6.45, 7) is 0.563. The van der Waals surface area contributed by atoms with Gasteiger partial charge < -0.3 is 15.4 Å². The fraction of sp³-hybridized carbons (Fsp3) is 0.154. The number of aromatic amines is 1. The van der Waals surface area contributed by atoms with Crippen LogP contribution in [0.15, 0.2) is 35.7 Å². The van der Waals surface area contributed by atoms with Gasteiger partial charge in [0, 0.05) is 6.54 Å². The Kier molecular flexibility index (Phi) is 3.42. The van der Waals surface area contributed by atoms with Crippen LogP contribution in [0, 0.1) is 0 Å². The lowest BCUT2D eigenvalue weighted by atomic mass is 10.2. The molecule has 3 aromatic rings. The molecule has 0 amide bonds. The van der Waals surface area contributed by atoms with Crippen molar-refractivity contribution in [2.75, 3.05) is 11.6 Å². The SMILES string of the molecule is CSc1nc(NCc2cccc(O)c2)c2[nH]cnc2n1. The third-order valence-corrected chi connectivity index (χ3v) is 3.37. The van der Waals surface area contributed by atoms with E-state index in [9.17, 15) is 5.11 Å². The van der Waals surface area contributed by atoms with Crippen LogP contribution < -0.4 is 5.32 Å². The fourth-order valence-electron chi connectivity index (χ4n) is 1.88. The third-order valence-electron chi connectivity index (χ3n) is 2.82. The van der Waals surface area contributed by atoms with E-state index >= 15 is 0 Å². The van der Waals surface area contributed by atoms with E-state index in [1.165, 1.54) is 11.8 Å². The van der Waals surface area contributed by atoms with Crippen molar-refractivity contribution in [2.45, 2.75) is 11.7 Å². The van der Waals surface area contributed by atoms with Crippen molar-refractivity contribution in [1.29, 1.82) is 0 Å². The number of hydrogen-bond acceptors (Lipinski definition) is 6. The summed E-state index contributed by atoms with van der Waals surface area (Å²) in [6.07, 6.45) is 3.52. The lowest BCUT2D eigenvalue weighted by Gasteiger charge is -2.08. The van der Waals surface area contributed by atoms with Crippen LogP contribution in [0.2, 0.25) is 0 Å². The second-order valence-electron chi connectivity index (χ2n) is 4.18. The van der Waals surface area contributed by atoms with Crippen LogP contribution >= 0.6 is 11.8 Å². The molecule has 1 aromatic carbocycles. The van der Waals surface area contributed by atoms with Gasteiger partial charge in [-0.1, -0.05) is 23.9 Å². The van der Waals surface area contributed by atoms with E-state index in [1.54, 1.807) is 18.5 Å². The standard InChI is InChI=1S/C13H13N5OS/c1-20-13-17-11(10-12(18-13)16-7-15-10)14-6-8-3-2-4-9(19)5-8/h2-5,7,19H,6H2,1H3,(H2,14,15,16,17,18). The number of phenolic OH excluding ortho intramolecular Hbond substituents is 1. The molecule has 0 aliphatic rings. The van der Waals surface area contributed by atoms with Gasteiger partial charge in [-0.25, -0.2) is 15.0 Å². The minimum Gasteiger partial charge on any atom is -0.508 e. The maximum absolute atomic E-state index is 9.46. The van der Waals surface area contributed by atoms with E-state index in [1.807, 2.05) is 18.4 Å². The van der Waals surface area contributed by atoms with Gasteiger partial charge in [0.15, 0.2) is 16.6 Å². The van der Waals surface area contributed by atoms with Gasteiger partial charge in [0.05, 0.1) is 6.33 Å². The molecule has 0 unspecified atom stereocenters. The molecule has 2 heterocycles. The Hall–Kier alpha value is -2.28. The van der Waals surface area contributed by atoms with Crippen LogP contribution in [-0.4, -0.2) is 31.3 Å². The molecule has 0 spiro atoms. The number of rotatable bonds is 4. The number of aromatic hydroxyl groups is 1. The highest BCUT2D eigenvalue weighted by molar-refractivity contribution is 7.98. The lowest BCUT2D eigenvalue weighted by Crippen LogP contribution is -2.03. The largest absolute Gasteiger partial charge is 0.508 e. The van der Waals surface area contributed by atoms with Gasteiger partial charge in [-0.15, -0.1) is 0 Å². The van der Waals surface area contributed by atoms with Crippen molar-refractivity contribution >= 4 is 28.7 Å². The summed E-state index contributed by atoms with van der Waals surface area (Å²) >= 11 is 1.47. The van der Waals surface area contributed by atoms with Crippen LogP contribution in [-0.2, 0) is 6.54 Å². The zero-order valence-corrected chi connectivity index (χ0v) is 11.6. The third kappa shape index (κ3) is 2.53. The molecule has 0 bridgehead atoms. The Morgan fingerprint density at radius 2 is 2.25 bits per heavy atom. The average molecular weight is 287 g/mol. The number of fused-ring (bicyclic) bond motifs is 1. The zero-order chi connectivity index (χ0) is 13.9. The summed E-state index contributed by atoms with van der Waals surface area (Å²) in [6, 6.07) is 7.11. The maximum atomic E-state index is 9.46.